The maximum Gasteiger partial charge on any atom is 0.400 e. The third-order valence-corrected chi connectivity index (χ3v) is 11.7. The maximum atomic E-state index is 15.5. The van der Waals surface area contributed by atoms with Crippen LogP contribution in [0.5, 0.6) is 5.75 Å². The van der Waals surface area contributed by atoms with Gasteiger partial charge >= 0.3 is 6.11 Å². The van der Waals surface area contributed by atoms with Crippen molar-refractivity contribution in [1.82, 2.24) is 0 Å². The van der Waals surface area contributed by atoms with Gasteiger partial charge in [-0.15, -0.1) is 0 Å². The third-order valence-electron chi connectivity index (χ3n) is 11.7. The highest BCUT2D eigenvalue weighted by atomic mass is 19.3. The lowest BCUT2D eigenvalue weighted by Gasteiger charge is -2.38. The van der Waals surface area contributed by atoms with Crippen LogP contribution in [0, 0.1) is 35.3 Å². The second-order valence-corrected chi connectivity index (χ2v) is 14.7. The summed E-state index contributed by atoms with van der Waals surface area (Å²) in [7, 11) is 0. The van der Waals surface area contributed by atoms with E-state index in [1.807, 2.05) is 6.07 Å². The summed E-state index contributed by atoms with van der Waals surface area (Å²) >= 11 is 0. The Labute approximate surface area is 277 Å². The van der Waals surface area contributed by atoms with Crippen LogP contribution in [0.3, 0.4) is 0 Å². The zero-order chi connectivity index (χ0) is 33.4. The van der Waals surface area contributed by atoms with E-state index < -0.39 is 23.9 Å². The number of benzene rings is 2. The molecule has 3 fully saturated rings. The van der Waals surface area contributed by atoms with E-state index >= 15 is 13.2 Å². The van der Waals surface area contributed by atoms with Gasteiger partial charge in [0.1, 0.15) is 17.4 Å². The van der Waals surface area contributed by atoms with Crippen molar-refractivity contribution < 1.29 is 31.1 Å². The first-order chi connectivity index (χ1) is 22.6. The van der Waals surface area contributed by atoms with Crippen LogP contribution in [-0.4, -0.2) is 6.11 Å². The average Bonchev–Trinajstić information content (AvgIpc) is 3.06. The van der Waals surface area contributed by atoms with Gasteiger partial charge in [0, 0.05) is 6.07 Å². The first kappa shape index (κ1) is 35.9. The quantitative estimate of drug-likeness (QED) is 0.153. The van der Waals surface area contributed by atoms with Gasteiger partial charge in [-0.3, -0.25) is 0 Å². The Morgan fingerprint density at radius 3 is 2.04 bits per heavy atom. The van der Waals surface area contributed by atoms with Crippen LogP contribution >= 0.6 is 0 Å². The minimum absolute atomic E-state index is 0.0304. The molecule has 1 nitrogen and oxygen atoms in total. The van der Waals surface area contributed by atoms with Crippen molar-refractivity contribution >= 4 is 0 Å². The molecule has 2 aromatic rings. The Bertz CT molecular complexity index is 1300. The molecule has 0 amide bonds. The van der Waals surface area contributed by atoms with Crippen LogP contribution in [0.4, 0.5) is 26.3 Å². The van der Waals surface area contributed by atoms with Crippen LogP contribution in [0.25, 0.3) is 0 Å². The molecule has 0 aromatic heterocycles. The van der Waals surface area contributed by atoms with Crippen LogP contribution < -0.4 is 4.74 Å². The highest BCUT2D eigenvalue weighted by Crippen LogP contribution is 2.47. The number of hydrogen-bond donors (Lipinski definition) is 0. The molecular weight excluding hydrogens is 610 g/mol. The number of aryl methyl sites for hydroxylation is 1. The van der Waals surface area contributed by atoms with Crippen LogP contribution in [-0.2, 0) is 6.42 Å². The highest BCUT2D eigenvalue weighted by Gasteiger charge is 2.44. The molecule has 2 aromatic carbocycles. The van der Waals surface area contributed by atoms with E-state index in [-0.39, 0.29) is 48.7 Å². The van der Waals surface area contributed by atoms with Crippen molar-refractivity contribution in [2.45, 2.75) is 140 Å². The summed E-state index contributed by atoms with van der Waals surface area (Å²) in [6.45, 7) is 2.27. The Balaban J connectivity index is 1.07. The smallest absolute Gasteiger partial charge is 0.400 e. The van der Waals surface area contributed by atoms with E-state index in [2.05, 4.69) is 13.0 Å². The van der Waals surface area contributed by atoms with E-state index in [0.29, 0.717) is 30.4 Å². The molecule has 47 heavy (non-hydrogen) atoms. The number of allylic oxidation sites excluding steroid dienone is 1. The van der Waals surface area contributed by atoms with Gasteiger partial charge in [0.25, 0.3) is 6.08 Å². The van der Waals surface area contributed by atoms with Crippen molar-refractivity contribution in [3.8, 4) is 5.75 Å². The summed E-state index contributed by atoms with van der Waals surface area (Å²) in [6, 6.07) is 9.08. The zero-order valence-corrected chi connectivity index (χ0v) is 27.9. The van der Waals surface area contributed by atoms with E-state index in [1.165, 1.54) is 76.3 Å². The number of ether oxygens (including phenoxy) is 1. The van der Waals surface area contributed by atoms with E-state index in [0.717, 1.165) is 42.2 Å². The summed E-state index contributed by atoms with van der Waals surface area (Å²) in [5.74, 6) is 0.524. The number of unbranched alkanes of at least 4 members (excludes halogenated alkanes) is 2. The van der Waals surface area contributed by atoms with Gasteiger partial charge in [0.15, 0.2) is 0 Å². The van der Waals surface area contributed by atoms with Crippen molar-refractivity contribution in [3.63, 3.8) is 0 Å². The SMILES string of the molecule is CCCCCC1CCC(C2CCC(c3ccc(C4CCC(C(F)(F)Oc5ccc(CCC=C(F)F)c(F)c5)CC4)c(F)c3)CC2)CC1. The summed E-state index contributed by atoms with van der Waals surface area (Å²) < 4.78 is 89.5. The lowest BCUT2D eigenvalue weighted by Crippen LogP contribution is -2.37. The molecule has 0 bridgehead atoms. The molecule has 0 spiro atoms. The van der Waals surface area contributed by atoms with E-state index in [1.54, 1.807) is 6.07 Å². The Morgan fingerprint density at radius 1 is 0.766 bits per heavy atom. The fourth-order valence-electron chi connectivity index (χ4n) is 8.80. The molecule has 5 rings (SSSR count). The predicted molar refractivity (Wildman–Crippen MR) is 176 cm³/mol. The number of alkyl halides is 2. The summed E-state index contributed by atoms with van der Waals surface area (Å²) in [5.41, 5.74) is 1.84. The zero-order valence-electron chi connectivity index (χ0n) is 27.9. The average molecular weight is 663 g/mol. The fourth-order valence-corrected chi connectivity index (χ4v) is 8.80. The lowest BCUT2D eigenvalue weighted by atomic mass is 9.68. The van der Waals surface area contributed by atoms with Crippen molar-refractivity contribution in [3.05, 3.63) is 76.9 Å². The van der Waals surface area contributed by atoms with Crippen molar-refractivity contribution in [1.29, 1.82) is 0 Å². The second kappa shape index (κ2) is 16.8. The predicted octanol–water partition coefficient (Wildman–Crippen LogP) is 13.3. The van der Waals surface area contributed by atoms with E-state index in [9.17, 15) is 13.2 Å². The van der Waals surface area contributed by atoms with Crippen molar-refractivity contribution in [2.75, 3.05) is 0 Å². The molecule has 7 heteroatoms. The van der Waals surface area contributed by atoms with Crippen LogP contribution in [0.1, 0.15) is 145 Å². The number of halogens is 6. The van der Waals surface area contributed by atoms with Gasteiger partial charge in [-0.25, -0.2) is 8.78 Å². The summed E-state index contributed by atoms with van der Waals surface area (Å²) in [4.78, 5) is 0. The molecule has 0 radical (unpaired) electrons. The Kier molecular flexibility index (Phi) is 12.8. The van der Waals surface area contributed by atoms with Gasteiger partial charge in [-0.2, -0.15) is 17.6 Å². The standard InChI is InChI=1S/C40H52F6O/c1-2-3-4-6-27-9-11-28(12-10-27)29-13-15-30(16-14-29)33-20-24-36(38(42)25-33)31-17-21-34(22-18-31)40(45,46)47-35-23-19-32(37(41)26-35)7-5-8-39(43)44/h8,19-20,23-31,34H,2-7,9-18,21-22H2,1H3. The van der Waals surface area contributed by atoms with E-state index in [4.69, 9.17) is 4.74 Å². The minimum Gasteiger partial charge on any atom is -0.432 e. The van der Waals surface area contributed by atoms with Gasteiger partial charge in [-0.1, -0.05) is 63.6 Å². The van der Waals surface area contributed by atoms with Gasteiger partial charge < -0.3 is 4.74 Å². The Morgan fingerprint density at radius 2 is 1.43 bits per heavy atom. The van der Waals surface area contributed by atoms with Crippen LogP contribution in [0.15, 0.2) is 48.6 Å². The lowest BCUT2D eigenvalue weighted by molar-refractivity contribution is -0.222. The molecule has 0 atom stereocenters. The summed E-state index contributed by atoms with van der Waals surface area (Å²) in [5, 5.41) is 0. The molecule has 0 aliphatic heterocycles. The first-order valence-electron chi connectivity index (χ1n) is 18.3. The second-order valence-electron chi connectivity index (χ2n) is 14.7. The fraction of sp³-hybridized carbons (Fsp3) is 0.650. The highest BCUT2D eigenvalue weighted by molar-refractivity contribution is 5.31. The maximum absolute atomic E-state index is 15.5. The molecule has 0 unspecified atom stereocenters. The molecule has 260 valence electrons. The molecule has 0 saturated heterocycles. The summed E-state index contributed by atoms with van der Waals surface area (Å²) in [6.07, 6.45) is 12.2. The molecule has 0 N–H and O–H groups in total. The molecule has 3 aliphatic rings. The monoisotopic (exact) mass is 662 g/mol. The van der Waals surface area contributed by atoms with Gasteiger partial charge in [-0.05, 0) is 142 Å². The molecule has 3 saturated carbocycles. The topological polar surface area (TPSA) is 9.23 Å². The molecular formula is C40H52F6O. The van der Waals surface area contributed by atoms with Crippen LogP contribution in [0.2, 0.25) is 0 Å². The van der Waals surface area contributed by atoms with Gasteiger partial charge in [0.2, 0.25) is 0 Å². The third kappa shape index (κ3) is 9.81. The largest absolute Gasteiger partial charge is 0.432 e. The Hall–Kier alpha value is -2.44. The van der Waals surface area contributed by atoms with Crippen molar-refractivity contribution in [2.24, 2.45) is 23.7 Å². The first-order valence-corrected chi connectivity index (χ1v) is 18.3. The molecule has 0 heterocycles. The normalized spacial score (nSPS) is 27.0. The molecule has 3 aliphatic carbocycles. The number of hydrogen-bond acceptors (Lipinski definition) is 1. The number of rotatable bonds is 13. The van der Waals surface area contributed by atoms with Gasteiger partial charge in [0.05, 0.1) is 5.92 Å². The minimum atomic E-state index is -3.51.